The van der Waals surface area contributed by atoms with E-state index in [4.69, 9.17) is 9.84 Å². The monoisotopic (exact) mass is 298 g/mol. The van der Waals surface area contributed by atoms with E-state index in [2.05, 4.69) is 0 Å². The number of aliphatic carboxylic acids is 1. The summed E-state index contributed by atoms with van der Waals surface area (Å²) < 4.78 is 5.70. The summed E-state index contributed by atoms with van der Waals surface area (Å²) in [6.45, 7) is 2.50. The third-order valence-corrected chi connectivity index (χ3v) is 3.40. The maximum absolute atomic E-state index is 11.8. The number of carbonyl (C=O) groups is 2. The van der Waals surface area contributed by atoms with Gasteiger partial charge in [0.2, 0.25) is 0 Å². The highest BCUT2D eigenvalue weighted by Crippen LogP contribution is 2.17. The van der Waals surface area contributed by atoms with E-state index in [1.165, 1.54) is 5.56 Å². The van der Waals surface area contributed by atoms with E-state index in [0.29, 0.717) is 17.9 Å². The molecule has 22 heavy (non-hydrogen) atoms. The van der Waals surface area contributed by atoms with Gasteiger partial charge in [0.05, 0.1) is 6.42 Å². The molecule has 0 heterocycles. The van der Waals surface area contributed by atoms with E-state index in [1.807, 2.05) is 31.2 Å². The van der Waals surface area contributed by atoms with E-state index in [1.54, 1.807) is 24.3 Å². The molecule has 2 rings (SSSR count). The number of carbonyl (C=O) groups excluding carboxylic acids is 1. The van der Waals surface area contributed by atoms with Gasteiger partial charge in [0.15, 0.2) is 5.78 Å². The molecule has 4 heteroatoms. The Balaban J connectivity index is 1.93. The third-order valence-electron chi connectivity index (χ3n) is 3.40. The lowest BCUT2D eigenvalue weighted by Gasteiger charge is -2.09. The second kappa shape index (κ2) is 7.41. The Labute approximate surface area is 129 Å². The molecule has 4 nitrogen and oxygen atoms in total. The molecule has 0 atom stereocenters. The number of carboxylic acid groups (broad SMARTS) is 1. The van der Waals surface area contributed by atoms with Crippen molar-refractivity contribution in [2.24, 2.45) is 0 Å². The Kier molecular flexibility index (Phi) is 5.31. The fourth-order valence-corrected chi connectivity index (χ4v) is 2.03. The van der Waals surface area contributed by atoms with Crippen LogP contribution in [0.4, 0.5) is 0 Å². The van der Waals surface area contributed by atoms with Gasteiger partial charge in [0.1, 0.15) is 12.4 Å². The number of rotatable bonds is 7. The standard InChI is InChI=1S/C18H18O4/c1-13-4-2-3-5-15(13)12-22-16-8-6-14(7-9-16)17(19)10-11-18(20)21/h2-9H,10-12H2,1H3,(H,20,21). The molecule has 0 aliphatic heterocycles. The Hall–Kier alpha value is -2.62. The molecule has 0 fully saturated rings. The largest absolute Gasteiger partial charge is 0.489 e. The average molecular weight is 298 g/mol. The van der Waals surface area contributed by atoms with Crippen LogP contribution in [0.3, 0.4) is 0 Å². The number of Topliss-reactive ketones (excluding diaryl/α,β-unsaturated/α-hetero) is 1. The second-order valence-electron chi connectivity index (χ2n) is 5.06. The topological polar surface area (TPSA) is 63.6 Å². The van der Waals surface area contributed by atoms with Crippen LogP contribution in [0.2, 0.25) is 0 Å². The summed E-state index contributed by atoms with van der Waals surface area (Å²) in [5, 5.41) is 8.58. The van der Waals surface area contributed by atoms with Crippen LogP contribution >= 0.6 is 0 Å². The molecule has 2 aromatic carbocycles. The molecule has 0 unspecified atom stereocenters. The van der Waals surface area contributed by atoms with Crippen molar-refractivity contribution in [3.8, 4) is 5.75 Å². The van der Waals surface area contributed by atoms with Crippen LogP contribution in [0.1, 0.15) is 34.3 Å². The molecule has 0 bridgehead atoms. The van der Waals surface area contributed by atoms with Crippen LogP contribution in [0.15, 0.2) is 48.5 Å². The van der Waals surface area contributed by atoms with Gasteiger partial charge >= 0.3 is 5.97 Å². The van der Waals surface area contributed by atoms with Crippen LogP contribution in [0.25, 0.3) is 0 Å². The van der Waals surface area contributed by atoms with Crippen molar-refractivity contribution < 1.29 is 19.4 Å². The first-order chi connectivity index (χ1) is 10.6. The highest BCUT2D eigenvalue weighted by atomic mass is 16.5. The SMILES string of the molecule is Cc1ccccc1COc1ccc(C(=O)CCC(=O)O)cc1. The third kappa shape index (κ3) is 4.45. The molecule has 2 aromatic rings. The predicted octanol–water partition coefficient (Wildman–Crippen LogP) is 3.62. The molecule has 0 aromatic heterocycles. The number of hydrogen-bond acceptors (Lipinski definition) is 3. The quantitative estimate of drug-likeness (QED) is 0.793. The van der Waals surface area contributed by atoms with Gasteiger partial charge in [-0.05, 0) is 42.3 Å². The lowest BCUT2D eigenvalue weighted by molar-refractivity contribution is -0.136. The molecule has 0 saturated carbocycles. The zero-order valence-electron chi connectivity index (χ0n) is 12.4. The molecule has 1 N–H and O–H groups in total. The summed E-state index contributed by atoms with van der Waals surface area (Å²) >= 11 is 0. The summed E-state index contributed by atoms with van der Waals surface area (Å²) in [5.41, 5.74) is 2.79. The molecular weight excluding hydrogens is 280 g/mol. The van der Waals surface area contributed by atoms with E-state index >= 15 is 0 Å². The van der Waals surface area contributed by atoms with Crippen molar-refractivity contribution >= 4 is 11.8 Å². The molecule has 0 amide bonds. The number of benzene rings is 2. The molecule has 0 aliphatic carbocycles. The Morgan fingerprint density at radius 1 is 1.00 bits per heavy atom. The number of carboxylic acids is 1. The van der Waals surface area contributed by atoms with Crippen molar-refractivity contribution in [1.29, 1.82) is 0 Å². The van der Waals surface area contributed by atoms with Gasteiger partial charge in [-0.2, -0.15) is 0 Å². The zero-order valence-corrected chi connectivity index (χ0v) is 12.4. The van der Waals surface area contributed by atoms with Gasteiger partial charge in [-0.3, -0.25) is 9.59 Å². The molecule has 0 spiro atoms. The first kappa shape index (κ1) is 15.8. The zero-order chi connectivity index (χ0) is 15.9. The van der Waals surface area contributed by atoms with Crippen molar-refractivity contribution in [2.45, 2.75) is 26.4 Å². The van der Waals surface area contributed by atoms with E-state index < -0.39 is 5.97 Å². The van der Waals surface area contributed by atoms with Crippen molar-refractivity contribution in [3.63, 3.8) is 0 Å². The van der Waals surface area contributed by atoms with Crippen LogP contribution in [-0.4, -0.2) is 16.9 Å². The minimum absolute atomic E-state index is 0.0126. The Morgan fingerprint density at radius 3 is 2.32 bits per heavy atom. The summed E-state index contributed by atoms with van der Waals surface area (Å²) in [7, 11) is 0. The maximum Gasteiger partial charge on any atom is 0.303 e. The van der Waals surface area contributed by atoms with E-state index in [-0.39, 0.29) is 18.6 Å². The highest BCUT2D eigenvalue weighted by molar-refractivity contribution is 5.97. The van der Waals surface area contributed by atoms with Gasteiger partial charge in [-0.15, -0.1) is 0 Å². The minimum atomic E-state index is -0.966. The maximum atomic E-state index is 11.8. The summed E-state index contributed by atoms with van der Waals surface area (Å²) in [6.07, 6.45) is -0.136. The van der Waals surface area contributed by atoms with Gasteiger partial charge in [0, 0.05) is 12.0 Å². The van der Waals surface area contributed by atoms with Crippen LogP contribution in [-0.2, 0) is 11.4 Å². The number of ketones is 1. The van der Waals surface area contributed by atoms with Gasteiger partial charge < -0.3 is 9.84 Å². The fraction of sp³-hybridized carbons (Fsp3) is 0.222. The van der Waals surface area contributed by atoms with Crippen LogP contribution in [0, 0.1) is 6.92 Å². The van der Waals surface area contributed by atoms with Crippen molar-refractivity contribution in [1.82, 2.24) is 0 Å². The van der Waals surface area contributed by atoms with Crippen LogP contribution < -0.4 is 4.74 Å². The van der Waals surface area contributed by atoms with Gasteiger partial charge in [0.25, 0.3) is 0 Å². The molecule has 0 aliphatic rings. The summed E-state index contributed by atoms with van der Waals surface area (Å²) in [6, 6.07) is 14.8. The van der Waals surface area contributed by atoms with Crippen molar-refractivity contribution in [3.05, 3.63) is 65.2 Å². The second-order valence-corrected chi connectivity index (χ2v) is 5.06. The number of ether oxygens (including phenoxy) is 1. The minimum Gasteiger partial charge on any atom is -0.489 e. The molecule has 0 saturated heterocycles. The normalized spacial score (nSPS) is 10.2. The Bertz CT molecular complexity index is 659. The first-order valence-electron chi connectivity index (χ1n) is 7.08. The average Bonchev–Trinajstić information content (AvgIpc) is 2.52. The molecule has 0 radical (unpaired) electrons. The summed E-state index contributed by atoms with van der Waals surface area (Å²) in [5.74, 6) is -0.461. The lowest BCUT2D eigenvalue weighted by atomic mass is 10.1. The van der Waals surface area contributed by atoms with Gasteiger partial charge in [-0.1, -0.05) is 24.3 Å². The molecule has 114 valence electrons. The molecular formula is C18H18O4. The van der Waals surface area contributed by atoms with E-state index in [9.17, 15) is 9.59 Å². The predicted molar refractivity (Wildman–Crippen MR) is 83.2 cm³/mol. The lowest BCUT2D eigenvalue weighted by Crippen LogP contribution is -2.04. The highest BCUT2D eigenvalue weighted by Gasteiger charge is 2.08. The summed E-state index contributed by atoms with van der Waals surface area (Å²) in [4.78, 5) is 22.2. The van der Waals surface area contributed by atoms with Crippen molar-refractivity contribution in [2.75, 3.05) is 0 Å². The van der Waals surface area contributed by atoms with Gasteiger partial charge in [-0.25, -0.2) is 0 Å². The Morgan fingerprint density at radius 2 is 1.68 bits per heavy atom. The van der Waals surface area contributed by atoms with Crippen LogP contribution in [0.5, 0.6) is 5.75 Å². The first-order valence-corrected chi connectivity index (χ1v) is 7.08. The number of hydrogen-bond donors (Lipinski definition) is 1. The number of aryl methyl sites for hydroxylation is 1. The smallest absolute Gasteiger partial charge is 0.303 e. The van der Waals surface area contributed by atoms with E-state index in [0.717, 1.165) is 5.56 Å². The fourth-order valence-electron chi connectivity index (χ4n) is 2.03.